The molecule has 33 heavy (non-hydrogen) atoms. The second-order valence-electron chi connectivity index (χ2n) is 8.29. The van der Waals surface area contributed by atoms with Gasteiger partial charge in [-0.05, 0) is 55.6 Å². The molecule has 0 unspecified atom stereocenters. The van der Waals surface area contributed by atoms with Crippen molar-refractivity contribution in [3.63, 3.8) is 0 Å². The van der Waals surface area contributed by atoms with Gasteiger partial charge in [-0.1, -0.05) is 0 Å². The number of Topliss-reactive ketones (excluding diaryl/α,β-unsaturated/α-hetero) is 1. The van der Waals surface area contributed by atoms with Crippen molar-refractivity contribution in [2.75, 3.05) is 46.2 Å². The van der Waals surface area contributed by atoms with Gasteiger partial charge in [0.05, 0.1) is 26.8 Å². The van der Waals surface area contributed by atoms with Crippen LogP contribution in [0.15, 0.2) is 34.0 Å². The number of nitrogen functional groups attached to an aromatic ring is 1. The molecule has 10 heteroatoms. The minimum absolute atomic E-state index is 0.0736. The Kier molecular flexibility index (Phi) is 6.66. The van der Waals surface area contributed by atoms with E-state index in [1.54, 1.807) is 7.11 Å². The van der Waals surface area contributed by atoms with E-state index in [2.05, 4.69) is 16.2 Å². The van der Waals surface area contributed by atoms with Crippen molar-refractivity contribution >= 4 is 22.5 Å². The summed E-state index contributed by atoms with van der Waals surface area (Å²) in [6.45, 7) is 1.89. The summed E-state index contributed by atoms with van der Waals surface area (Å²) in [5, 5.41) is 1.15. The highest BCUT2D eigenvalue weighted by Gasteiger charge is 2.26. The normalized spacial score (nSPS) is 15.2. The van der Waals surface area contributed by atoms with Gasteiger partial charge in [-0.25, -0.2) is 4.79 Å². The number of carbonyl (C=O) groups excluding carboxylic acids is 1. The quantitative estimate of drug-likeness (QED) is 0.436. The molecule has 176 valence electrons. The maximum atomic E-state index is 12.9. The molecule has 0 atom stereocenters. The fourth-order valence-electron chi connectivity index (χ4n) is 4.53. The maximum absolute atomic E-state index is 12.9. The third kappa shape index (κ3) is 4.57. The Balaban J connectivity index is 1.45. The smallest absolute Gasteiger partial charge is 0.330 e. The van der Waals surface area contributed by atoms with Gasteiger partial charge in [0.15, 0.2) is 5.78 Å². The van der Waals surface area contributed by atoms with Gasteiger partial charge in [0.1, 0.15) is 17.1 Å². The number of ether oxygens (including phenoxy) is 2. The number of anilines is 1. The highest BCUT2D eigenvalue weighted by atomic mass is 16.5. The number of hydrogen-bond donors (Lipinski definition) is 3. The van der Waals surface area contributed by atoms with Crippen LogP contribution in [0.4, 0.5) is 5.82 Å². The van der Waals surface area contributed by atoms with E-state index >= 15 is 0 Å². The summed E-state index contributed by atoms with van der Waals surface area (Å²) in [5.74, 6) is 0.672. The van der Waals surface area contributed by atoms with Crippen molar-refractivity contribution in [1.29, 1.82) is 0 Å². The number of nitrogens with two attached hydrogens (primary N) is 1. The number of fused-ring (bicyclic) bond motifs is 1. The number of hydrogen-bond acceptors (Lipinski definition) is 7. The van der Waals surface area contributed by atoms with Gasteiger partial charge in [-0.2, -0.15) is 0 Å². The first kappa shape index (κ1) is 22.8. The fourth-order valence-corrected chi connectivity index (χ4v) is 4.53. The van der Waals surface area contributed by atoms with E-state index in [1.807, 2.05) is 23.1 Å². The van der Waals surface area contributed by atoms with Gasteiger partial charge in [0.25, 0.3) is 5.56 Å². The average Bonchev–Trinajstić information content (AvgIpc) is 3.22. The molecule has 4 rings (SSSR count). The molecular formula is C23H29N5O5. The number of benzene rings is 1. The van der Waals surface area contributed by atoms with Crippen LogP contribution >= 0.6 is 0 Å². The number of carbonyl (C=O) groups is 1. The summed E-state index contributed by atoms with van der Waals surface area (Å²) >= 11 is 0. The zero-order valence-corrected chi connectivity index (χ0v) is 18.8. The van der Waals surface area contributed by atoms with Crippen LogP contribution in [-0.4, -0.2) is 65.7 Å². The summed E-state index contributed by atoms with van der Waals surface area (Å²) in [5.41, 5.74) is 6.78. The third-order valence-corrected chi connectivity index (χ3v) is 6.35. The number of methoxy groups -OCH3 is 2. The maximum Gasteiger partial charge on any atom is 0.330 e. The Labute approximate surface area is 190 Å². The summed E-state index contributed by atoms with van der Waals surface area (Å²) in [4.78, 5) is 44.9. The standard InChI is InChI=1S/C23H29N5O5/c1-32-10-9-28-21(24)20(22(30)26-23(28)31)19(29)13-27-7-5-14(6-8-27)17-12-25-18-4-3-15(33-2)11-16(17)18/h3-4,11-12,14,25H,5-10,13,24H2,1-2H3,(H,26,30,31). The number of piperidine rings is 1. The van der Waals surface area contributed by atoms with Crippen LogP contribution in [-0.2, 0) is 11.3 Å². The highest BCUT2D eigenvalue weighted by Crippen LogP contribution is 2.34. The van der Waals surface area contributed by atoms with E-state index in [4.69, 9.17) is 15.2 Å². The Morgan fingerprint density at radius 2 is 1.97 bits per heavy atom. The molecule has 3 heterocycles. The predicted octanol–water partition coefficient (Wildman–Crippen LogP) is 1.32. The van der Waals surface area contributed by atoms with E-state index in [1.165, 1.54) is 12.7 Å². The molecule has 2 aromatic heterocycles. The number of ketones is 1. The van der Waals surface area contributed by atoms with Crippen LogP contribution in [0.3, 0.4) is 0 Å². The zero-order chi connectivity index (χ0) is 23.5. The summed E-state index contributed by atoms with van der Waals surface area (Å²) in [7, 11) is 3.15. The second-order valence-corrected chi connectivity index (χ2v) is 8.29. The van der Waals surface area contributed by atoms with Gasteiger partial charge in [-0.3, -0.25) is 24.0 Å². The summed E-state index contributed by atoms with van der Waals surface area (Å²) in [6, 6.07) is 5.99. The van der Waals surface area contributed by atoms with Crippen LogP contribution in [0.25, 0.3) is 10.9 Å². The number of nitrogens with zero attached hydrogens (tertiary/aromatic N) is 2. The second kappa shape index (κ2) is 9.63. The lowest BCUT2D eigenvalue weighted by Crippen LogP contribution is -2.41. The SMILES string of the molecule is COCCn1c(N)c(C(=O)CN2CCC(c3c[nH]c4ccc(OC)cc34)CC2)c(=O)[nH]c1=O. The van der Waals surface area contributed by atoms with E-state index in [9.17, 15) is 14.4 Å². The molecule has 10 nitrogen and oxygen atoms in total. The molecule has 1 aliphatic heterocycles. The largest absolute Gasteiger partial charge is 0.497 e. The Morgan fingerprint density at radius 1 is 1.21 bits per heavy atom. The first-order valence-corrected chi connectivity index (χ1v) is 10.9. The molecule has 1 aromatic carbocycles. The van der Waals surface area contributed by atoms with Crippen molar-refractivity contribution in [2.24, 2.45) is 0 Å². The average molecular weight is 456 g/mol. The molecule has 0 saturated carbocycles. The lowest BCUT2D eigenvalue weighted by Gasteiger charge is -2.31. The van der Waals surface area contributed by atoms with Crippen molar-refractivity contribution in [2.45, 2.75) is 25.3 Å². The predicted molar refractivity (Wildman–Crippen MR) is 125 cm³/mol. The number of H-pyrrole nitrogens is 2. The first-order valence-electron chi connectivity index (χ1n) is 10.9. The Hall–Kier alpha value is -3.37. The van der Waals surface area contributed by atoms with Crippen LogP contribution in [0.1, 0.15) is 34.7 Å². The van der Waals surface area contributed by atoms with Crippen LogP contribution in [0, 0.1) is 0 Å². The van der Waals surface area contributed by atoms with Crippen molar-refractivity contribution < 1.29 is 14.3 Å². The van der Waals surface area contributed by atoms with Gasteiger partial charge in [-0.15, -0.1) is 0 Å². The van der Waals surface area contributed by atoms with E-state index in [0.29, 0.717) is 19.0 Å². The molecule has 0 aliphatic carbocycles. The number of likely N-dealkylation sites (tertiary alicyclic amines) is 1. The number of rotatable bonds is 8. The van der Waals surface area contributed by atoms with Crippen LogP contribution in [0.2, 0.25) is 0 Å². The van der Waals surface area contributed by atoms with Crippen molar-refractivity contribution in [1.82, 2.24) is 19.4 Å². The van der Waals surface area contributed by atoms with Crippen molar-refractivity contribution in [3.05, 3.63) is 56.4 Å². The molecule has 1 aliphatic rings. The Morgan fingerprint density at radius 3 is 2.67 bits per heavy atom. The van der Waals surface area contributed by atoms with Crippen LogP contribution in [0.5, 0.6) is 5.75 Å². The summed E-state index contributed by atoms with van der Waals surface area (Å²) < 4.78 is 11.5. The minimum Gasteiger partial charge on any atom is -0.497 e. The number of aromatic nitrogens is 3. The highest BCUT2D eigenvalue weighted by molar-refractivity contribution is 6.01. The van der Waals surface area contributed by atoms with E-state index in [-0.39, 0.29) is 31.1 Å². The summed E-state index contributed by atoms with van der Waals surface area (Å²) in [6.07, 6.45) is 3.83. The molecule has 1 fully saturated rings. The molecule has 0 radical (unpaired) electrons. The molecule has 3 aromatic rings. The minimum atomic E-state index is -0.751. The lowest BCUT2D eigenvalue weighted by molar-refractivity contribution is 0.0907. The van der Waals surface area contributed by atoms with Gasteiger partial charge in [0.2, 0.25) is 0 Å². The van der Waals surface area contributed by atoms with Crippen molar-refractivity contribution in [3.8, 4) is 5.75 Å². The first-order chi connectivity index (χ1) is 15.9. The fraction of sp³-hybridized carbons (Fsp3) is 0.435. The molecule has 0 bridgehead atoms. The molecule has 1 saturated heterocycles. The topological polar surface area (TPSA) is 135 Å². The number of aromatic amines is 2. The molecule has 4 N–H and O–H groups in total. The van der Waals surface area contributed by atoms with E-state index < -0.39 is 17.0 Å². The van der Waals surface area contributed by atoms with Gasteiger partial charge >= 0.3 is 5.69 Å². The lowest BCUT2D eigenvalue weighted by atomic mass is 9.89. The van der Waals surface area contributed by atoms with Gasteiger partial charge in [0, 0.05) is 24.2 Å². The molecular weight excluding hydrogens is 426 g/mol. The Bertz CT molecular complexity index is 1270. The zero-order valence-electron chi connectivity index (χ0n) is 18.8. The molecule has 0 spiro atoms. The van der Waals surface area contributed by atoms with Crippen LogP contribution < -0.4 is 21.7 Å². The number of nitrogens with one attached hydrogen (secondary N) is 2. The molecule has 0 amide bonds. The monoisotopic (exact) mass is 455 g/mol. The van der Waals surface area contributed by atoms with Gasteiger partial charge < -0.3 is 20.2 Å². The van der Waals surface area contributed by atoms with E-state index in [0.717, 1.165) is 34.1 Å². The third-order valence-electron chi connectivity index (χ3n) is 6.35.